The number of nitrogens with zero attached hydrogens (tertiary/aromatic N) is 1. The number of guanidine groups is 1. The molecule has 5 nitrogen and oxygen atoms in total. The third-order valence-electron chi connectivity index (χ3n) is 4.61. The average Bonchev–Trinajstić information content (AvgIpc) is 3.01. The first-order valence-corrected chi connectivity index (χ1v) is 9.92. The second kappa shape index (κ2) is 10.9. The van der Waals surface area contributed by atoms with Crippen LogP contribution < -0.4 is 10.6 Å². The molecule has 2 rings (SSSR count). The maximum Gasteiger partial charge on any atom is 0.191 e. The van der Waals surface area contributed by atoms with Gasteiger partial charge in [-0.1, -0.05) is 13.8 Å². The van der Waals surface area contributed by atoms with Gasteiger partial charge >= 0.3 is 0 Å². The SMILES string of the molecule is CCNC(=NCC(CCO)CC(C)C)NCCc1c[nH]c2cc(F)ccc12. The second-order valence-corrected chi connectivity index (χ2v) is 7.41. The van der Waals surface area contributed by atoms with Crippen LogP contribution >= 0.6 is 0 Å². The number of aliphatic hydroxyl groups excluding tert-OH is 1. The van der Waals surface area contributed by atoms with Crippen LogP contribution in [-0.4, -0.2) is 42.3 Å². The zero-order chi connectivity index (χ0) is 19.6. The zero-order valence-electron chi connectivity index (χ0n) is 16.7. The first-order chi connectivity index (χ1) is 13.0. The molecule has 0 radical (unpaired) electrons. The molecule has 150 valence electrons. The van der Waals surface area contributed by atoms with Gasteiger partial charge in [0.25, 0.3) is 0 Å². The molecule has 0 aliphatic heterocycles. The van der Waals surface area contributed by atoms with Crippen molar-refractivity contribution in [3.05, 3.63) is 35.8 Å². The van der Waals surface area contributed by atoms with Gasteiger partial charge in [0.2, 0.25) is 0 Å². The molecule has 0 amide bonds. The lowest BCUT2D eigenvalue weighted by Crippen LogP contribution is -2.38. The number of H-pyrrole nitrogens is 1. The largest absolute Gasteiger partial charge is 0.396 e. The highest BCUT2D eigenvalue weighted by Gasteiger charge is 2.11. The van der Waals surface area contributed by atoms with Gasteiger partial charge in [-0.05, 0) is 61.8 Å². The van der Waals surface area contributed by atoms with E-state index in [1.54, 1.807) is 0 Å². The van der Waals surface area contributed by atoms with Crippen molar-refractivity contribution in [2.24, 2.45) is 16.8 Å². The van der Waals surface area contributed by atoms with Gasteiger partial charge in [-0.3, -0.25) is 4.99 Å². The molecule has 1 aromatic carbocycles. The van der Waals surface area contributed by atoms with Crippen molar-refractivity contribution in [1.82, 2.24) is 15.6 Å². The van der Waals surface area contributed by atoms with E-state index in [9.17, 15) is 9.50 Å². The summed E-state index contributed by atoms with van der Waals surface area (Å²) in [7, 11) is 0. The molecule has 2 aromatic rings. The Kier molecular flexibility index (Phi) is 8.58. The van der Waals surface area contributed by atoms with Gasteiger partial charge in [-0.2, -0.15) is 0 Å². The predicted octanol–water partition coefficient (Wildman–Crippen LogP) is 3.45. The van der Waals surface area contributed by atoms with Crippen LogP contribution in [0.4, 0.5) is 4.39 Å². The zero-order valence-corrected chi connectivity index (χ0v) is 16.7. The normalized spacial score (nSPS) is 13.3. The second-order valence-electron chi connectivity index (χ2n) is 7.41. The number of aliphatic hydroxyl groups is 1. The molecule has 1 unspecified atom stereocenters. The number of halogens is 1. The van der Waals surface area contributed by atoms with Crippen molar-refractivity contribution in [2.75, 3.05) is 26.2 Å². The fraction of sp³-hybridized carbons (Fsp3) is 0.571. The quantitative estimate of drug-likeness (QED) is 0.379. The van der Waals surface area contributed by atoms with E-state index in [0.717, 1.165) is 54.8 Å². The lowest BCUT2D eigenvalue weighted by atomic mass is 9.94. The van der Waals surface area contributed by atoms with Crippen molar-refractivity contribution in [3.63, 3.8) is 0 Å². The molecule has 0 aliphatic carbocycles. The number of fused-ring (bicyclic) bond motifs is 1. The molecule has 1 heterocycles. The van der Waals surface area contributed by atoms with Crippen molar-refractivity contribution >= 4 is 16.9 Å². The number of benzene rings is 1. The van der Waals surface area contributed by atoms with E-state index in [-0.39, 0.29) is 12.4 Å². The van der Waals surface area contributed by atoms with Gasteiger partial charge < -0.3 is 20.7 Å². The molecule has 0 saturated heterocycles. The van der Waals surface area contributed by atoms with Gasteiger partial charge in [0, 0.05) is 43.3 Å². The van der Waals surface area contributed by atoms with E-state index < -0.39 is 0 Å². The summed E-state index contributed by atoms with van der Waals surface area (Å²) in [6, 6.07) is 4.84. The van der Waals surface area contributed by atoms with Crippen LogP contribution in [0.15, 0.2) is 29.4 Å². The number of aliphatic imine (C=N–C) groups is 1. The molecule has 0 bridgehead atoms. The molecule has 0 saturated carbocycles. The predicted molar refractivity (Wildman–Crippen MR) is 111 cm³/mol. The Bertz CT molecular complexity index is 726. The standard InChI is InChI=1S/C21H33FN4O/c1-4-23-21(26-13-16(8-10-27)11-15(2)3)24-9-7-17-14-25-20-12-18(22)5-6-19(17)20/h5-6,12,14-16,25,27H,4,7-11,13H2,1-3H3,(H2,23,24,26). The molecule has 27 heavy (non-hydrogen) atoms. The highest BCUT2D eigenvalue weighted by molar-refractivity contribution is 5.83. The number of nitrogens with one attached hydrogen (secondary N) is 3. The molecular weight excluding hydrogens is 343 g/mol. The number of hydrogen-bond donors (Lipinski definition) is 4. The van der Waals surface area contributed by atoms with Crippen LogP contribution in [0.25, 0.3) is 10.9 Å². The highest BCUT2D eigenvalue weighted by atomic mass is 19.1. The topological polar surface area (TPSA) is 72.4 Å². The number of aromatic nitrogens is 1. The van der Waals surface area contributed by atoms with E-state index in [0.29, 0.717) is 18.4 Å². The average molecular weight is 377 g/mol. The summed E-state index contributed by atoms with van der Waals surface area (Å²) in [5, 5.41) is 17.0. The number of aromatic amines is 1. The van der Waals surface area contributed by atoms with Crippen molar-refractivity contribution in [2.45, 2.75) is 40.0 Å². The molecular formula is C21H33FN4O. The van der Waals surface area contributed by atoms with Crippen LogP contribution in [0.2, 0.25) is 0 Å². The Morgan fingerprint density at radius 2 is 2.11 bits per heavy atom. The van der Waals surface area contributed by atoms with Gasteiger partial charge in [0.05, 0.1) is 0 Å². The summed E-state index contributed by atoms with van der Waals surface area (Å²) in [5.41, 5.74) is 1.98. The number of hydrogen-bond acceptors (Lipinski definition) is 2. The van der Waals surface area contributed by atoms with E-state index in [1.165, 1.54) is 12.1 Å². The Labute approximate surface area is 161 Å². The lowest BCUT2D eigenvalue weighted by Gasteiger charge is -2.17. The van der Waals surface area contributed by atoms with Crippen LogP contribution in [0.1, 0.15) is 39.2 Å². The van der Waals surface area contributed by atoms with Crippen molar-refractivity contribution in [3.8, 4) is 0 Å². The van der Waals surface area contributed by atoms with Gasteiger partial charge in [-0.15, -0.1) is 0 Å². The first kappa shape index (κ1) is 21.2. The minimum atomic E-state index is -0.227. The molecule has 1 aromatic heterocycles. The minimum Gasteiger partial charge on any atom is -0.396 e. The van der Waals surface area contributed by atoms with Crippen LogP contribution in [0.3, 0.4) is 0 Å². The molecule has 0 spiro atoms. The minimum absolute atomic E-state index is 0.206. The highest BCUT2D eigenvalue weighted by Crippen LogP contribution is 2.19. The Balaban J connectivity index is 1.92. The van der Waals surface area contributed by atoms with E-state index in [4.69, 9.17) is 4.99 Å². The molecule has 4 N–H and O–H groups in total. The van der Waals surface area contributed by atoms with E-state index in [2.05, 4.69) is 29.5 Å². The Morgan fingerprint density at radius 3 is 2.81 bits per heavy atom. The third kappa shape index (κ3) is 6.86. The maximum absolute atomic E-state index is 13.3. The van der Waals surface area contributed by atoms with Crippen LogP contribution in [-0.2, 0) is 6.42 Å². The molecule has 1 atom stereocenters. The maximum atomic E-state index is 13.3. The summed E-state index contributed by atoms with van der Waals surface area (Å²) in [4.78, 5) is 7.83. The summed E-state index contributed by atoms with van der Waals surface area (Å²) in [6.45, 7) is 8.90. The van der Waals surface area contributed by atoms with Gasteiger partial charge in [0.15, 0.2) is 5.96 Å². The third-order valence-corrected chi connectivity index (χ3v) is 4.61. The summed E-state index contributed by atoms with van der Waals surface area (Å²) in [5.74, 6) is 1.57. The summed E-state index contributed by atoms with van der Waals surface area (Å²) < 4.78 is 13.3. The van der Waals surface area contributed by atoms with Crippen LogP contribution in [0, 0.1) is 17.7 Å². The molecule has 0 fully saturated rings. The van der Waals surface area contributed by atoms with Crippen molar-refractivity contribution < 1.29 is 9.50 Å². The summed E-state index contributed by atoms with van der Waals surface area (Å²) in [6.07, 6.45) is 4.61. The smallest absolute Gasteiger partial charge is 0.191 e. The monoisotopic (exact) mass is 376 g/mol. The molecule has 0 aliphatic rings. The van der Waals surface area contributed by atoms with Gasteiger partial charge in [-0.25, -0.2) is 4.39 Å². The van der Waals surface area contributed by atoms with Crippen molar-refractivity contribution in [1.29, 1.82) is 0 Å². The fourth-order valence-corrected chi connectivity index (χ4v) is 3.38. The Hall–Kier alpha value is -2.08. The summed E-state index contributed by atoms with van der Waals surface area (Å²) >= 11 is 0. The first-order valence-electron chi connectivity index (χ1n) is 9.92. The van der Waals surface area contributed by atoms with Crippen LogP contribution in [0.5, 0.6) is 0 Å². The molecule has 6 heteroatoms. The number of rotatable bonds is 10. The lowest BCUT2D eigenvalue weighted by molar-refractivity contribution is 0.245. The van der Waals surface area contributed by atoms with E-state index in [1.807, 2.05) is 19.2 Å². The van der Waals surface area contributed by atoms with E-state index >= 15 is 0 Å². The fourth-order valence-electron chi connectivity index (χ4n) is 3.38. The Morgan fingerprint density at radius 1 is 1.30 bits per heavy atom. The van der Waals surface area contributed by atoms with Gasteiger partial charge in [0.1, 0.15) is 5.82 Å².